The number of benzene rings is 2. The number of aromatic hydroxyl groups is 1. The SMILES string of the molecule is CN1CC[C@]23c4c5ccc(O)c4O[C@H]2[C@@]24CC[C@@]3(CC2[C@](C)(Cc2ccccc2)OCO4)[C@H]1C5. The molecule has 2 saturated heterocycles. The van der Waals surface area contributed by atoms with Gasteiger partial charge in [0, 0.05) is 34.8 Å². The van der Waals surface area contributed by atoms with Crippen molar-refractivity contribution in [1.82, 2.24) is 4.90 Å². The van der Waals surface area contributed by atoms with Gasteiger partial charge in [0.1, 0.15) is 18.5 Å². The molecule has 2 aromatic rings. The van der Waals surface area contributed by atoms with Gasteiger partial charge in [0.25, 0.3) is 0 Å². The van der Waals surface area contributed by atoms with Crippen LogP contribution in [0.3, 0.4) is 0 Å². The fourth-order valence-electron chi connectivity index (χ4n) is 9.84. The number of phenolic OH excluding ortho intramolecular Hbond substituents is 1. The minimum Gasteiger partial charge on any atom is -0.504 e. The second kappa shape index (κ2) is 6.18. The van der Waals surface area contributed by atoms with E-state index < -0.39 is 0 Å². The van der Waals surface area contributed by atoms with Crippen LogP contribution in [0, 0.1) is 11.3 Å². The van der Waals surface area contributed by atoms with Crippen molar-refractivity contribution in [2.45, 2.75) is 74.2 Å². The number of nitrogens with zero attached hydrogens (tertiary/aromatic N) is 1. The van der Waals surface area contributed by atoms with Crippen molar-refractivity contribution < 1.29 is 19.3 Å². The van der Waals surface area contributed by atoms with Gasteiger partial charge in [-0.2, -0.15) is 0 Å². The number of hydrogen-bond donors (Lipinski definition) is 1. The van der Waals surface area contributed by atoms with Crippen molar-refractivity contribution in [3.05, 3.63) is 59.2 Å². The molecule has 34 heavy (non-hydrogen) atoms. The lowest BCUT2D eigenvalue weighted by Crippen LogP contribution is -2.83. The van der Waals surface area contributed by atoms with E-state index in [0.717, 1.165) is 50.8 Å². The molecule has 2 aromatic carbocycles. The average Bonchev–Trinajstić information content (AvgIpc) is 3.21. The molecule has 3 aliphatic heterocycles. The average molecular weight is 460 g/mol. The number of ether oxygens (including phenoxy) is 3. The van der Waals surface area contributed by atoms with Gasteiger partial charge in [0.05, 0.1) is 5.60 Å². The Morgan fingerprint density at radius 3 is 2.76 bits per heavy atom. The Morgan fingerprint density at radius 2 is 1.91 bits per heavy atom. The predicted octanol–water partition coefficient (Wildman–Crippen LogP) is 4.20. The summed E-state index contributed by atoms with van der Waals surface area (Å²) in [5.41, 5.74) is 3.34. The van der Waals surface area contributed by atoms with Gasteiger partial charge in [-0.25, -0.2) is 0 Å². The Hall–Kier alpha value is -2.08. The molecule has 1 unspecified atom stereocenters. The van der Waals surface area contributed by atoms with E-state index in [1.165, 1.54) is 16.7 Å². The van der Waals surface area contributed by atoms with Gasteiger partial charge in [-0.05, 0) is 69.8 Å². The van der Waals surface area contributed by atoms with Gasteiger partial charge in [-0.15, -0.1) is 0 Å². The van der Waals surface area contributed by atoms with Crippen LogP contribution >= 0.6 is 0 Å². The topological polar surface area (TPSA) is 51.2 Å². The van der Waals surface area contributed by atoms with E-state index in [1.807, 2.05) is 6.07 Å². The van der Waals surface area contributed by atoms with E-state index in [2.05, 4.69) is 55.3 Å². The first-order chi connectivity index (χ1) is 16.4. The lowest BCUT2D eigenvalue weighted by molar-refractivity contribution is -0.374. The highest BCUT2D eigenvalue weighted by molar-refractivity contribution is 5.63. The van der Waals surface area contributed by atoms with Crippen LogP contribution in [-0.4, -0.2) is 53.7 Å². The highest BCUT2D eigenvalue weighted by atomic mass is 16.7. The molecule has 5 heteroatoms. The number of likely N-dealkylation sites (tertiary alicyclic amines) is 1. The first kappa shape index (κ1) is 20.1. The molecular formula is C29H33NO4. The molecule has 3 saturated carbocycles. The molecule has 7 aliphatic rings. The zero-order valence-electron chi connectivity index (χ0n) is 20.0. The van der Waals surface area contributed by atoms with Gasteiger partial charge in [-0.3, -0.25) is 0 Å². The van der Waals surface area contributed by atoms with Crippen LogP contribution in [0.15, 0.2) is 42.5 Å². The minimum absolute atomic E-state index is 0.0648. The predicted molar refractivity (Wildman–Crippen MR) is 127 cm³/mol. The summed E-state index contributed by atoms with van der Waals surface area (Å²) in [6.45, 7) is 3.69. The number of piperidine rings is 1. The van der Waals surface area contributed by atoms with E-state index in [9.17, 15) is 5.11 Å². The lowest BCUT2D eigenvalue weighted by Gasteiger charge is -2.76. The monoisotopic (exact) mass is 459 g/mol. The summed E-state index contributed by atoms with van der Waals surface area (Å²) in [5.74, 6) is 1.28. The number of phenols is 1. The maximum atomic E-state index is 10.9. The fourth-order valence-corrected chi connectivity index (χ4v) is 9.84. The number of fused-ring (bicyclic) bond motifs is 1. The highest BCUT2D eigenvalue weighted by Crippen LogP contribution is 2.78. The van der Waals surface area contributed by atoms with Crippen LogP contribution in [0.25, 0.3) is 0 Å². The quantitative estimate of drug-likeness (QED) is 0.730. The normalized spacial score (nSPS) is 45.4. The largest absolute Gasteiger partial charge is 0.504 e. The number of rotatable bonds is 2. The zero-order valence-corrected chi connectivity index (χ0v) is 20.0. The Morgan fingerprint density at radius 1 is 1.06 bits per heavy atom. The van der Waals surface area contributed by atoms with Crippen LogP contribution in [0.4, 0.5) is 0 Å². The van der Waals surface area contributed by atoms with E-state index in [1.54, 1.807) is 0 Å². The van der Waals surface area contributed by atoms with Gasteiger partial charge in [-0.1, -0.05) is 36.4 Å². The molecule has 0 amide bonds. The van der Waals surface area contributed by atoms with Crippen molar-refractivity contribution in [2.24, 2.45) is 11.3 Å². The Labute approximate surface area is 201 Å². The second-order valence-electron chi connectivity index (χ2n) is 12.1. The van der Waals surface area contributed by atoms with Crippen molar-refractivity contribution in [3.8, 4) is 11.5 Å². The summed E-state index contributed by atoms with van der Waals surface area (Å²) in [6.07, 6.45) is 6.18. The molecule has 1 N–H and O–H groups in total. The molecular weight excluding hydrogens is 426 g/mol. The van der Waals surface area contributed by atoms with Crippen molar-refractivity contribution in [2.75, 3.05) is 20.4 Å². The maximum Gasteiger partial charge on any atom is 0.165 e. The fraction of sp³-hybridized carbons (Fsp3) is 0.586. The smallest absolute Gasteiger partial charge is 0.165 e. The Balaban J connectivity index is 1.34. The molecule has 7 atom stereocenters. The summed E-state index contributed by atoms with van der Waals surface area (Å²) in [6, 6.07) is 15.2. The summed E-state index contributed by atoms with van der Waals surface area (Å²) in [5, 5.41) is 10.9. The van der Waals surface area contributed by atoms with Crippen LogP contribution in [-0.2, 0) is 27.7 Å². The molecule has 3 spiro atoms. The Bertz CT molecular complexity index is 1200. The summed E-state index contributed by atoms with van der Waals surface area (Å²) in [4.78, 5) is 2.62. The first-order valence-corrected chi connectivity index (χ1v) is 13.0. The third kappa shape index (κ3) is 2.03. The van der Waals surface area contributed by atoms with Crippen molar-refractivity contribution in [3.63, 3.8) is 0 Å². The molecule has 5 fully saturated rings. The summed E-state index contributed by atoms with van der Waals surface area (Å²) < 4.78 is 20.2. The zero-order chi connectivity index (χ0) is 22.9. The van der Waals surface area contributed by atoms with Crippen LogP contribution in [0.2, 0.25) is 0 Å². The minimum atomic E-state index is -0.385. The molecule has 0 aromatic heterocycles. The number of hydrogen-bond acceptors (Lipinski definition) is 5. The second-order valence-corrected chi connectivity index (χ2v) is 12.1. The van der Waals surface area contributed by atoms with E-state index >= 15 is 0 Å². The summed E-state index contributed by atoms with van der Waals surface area (Å²) >= 11 is 0. The molecule has 9 rings (SSSR count). The molecule has 4 bridgehead atoms. The van der Waals surface area contributed by atoms with Gasteiger partial charge < -0.3 is 24.2 Å². The van der Waals surface area contributed by atoms with E-state index in [4.69, 9.17) is 14.2 Å². The summed E-state index contributed by atoms with van der Waals surface area (Å²) in [7, 11) is 2.32. The standard InChI is InChI=1S/C29H33NO4/c1-26(15-18-6-4-3-5-7-18)21-16-27-10-11-29(21,33-17-32-26)25-28(27)12-13-30(2)22(27)14-19-8-9-20(31)24(34-25)23(19)28/h3-9,21-22,25,31H,10-17H2,1-2H3/t21?,22-,25-,26+,27-,28+,29-/m1/s1. The van der Waals surface area contributed by atoms with Gasteiger partial charge in [0.2, 0.25) is 0 Å². The van der Waals surface area contributed by atoms with Crippen LogP contribution in [0.1, 0.15) is 49.3 Å². The van der Waals surface area contributed by atoms with Crippen molar-refractivity contribution >= 4 is 0 Å². The van der Waals surface area contributed by atoms with Crippen LogP contribution < -0.4 is 4.74 Å². The van der Waals surface area contributed by atoms with Crippen molar-refractivity contribution in [1.29, 1.82) is 0 Å². The maximum absolute atomic E-state index is 10.9. The molecule has 4 aliphatic carbocycles. The molecule has 178 valence electrons. The van der Waals surface area contributed by atoms with E-state index in [0.29, 0.717) is 18.6 Å². The third-order valence-corrected chi connectivity index (χ3v) is 11.1. The first-order valence-electron chi connectivity index (χ1n) is 13.0. The third-order valence-electron chi connectivity index (χ3n) is 11.1. The number of likely N-dealkylation sites (N-methyl/N-ethyl adjacent to an activating group) is 1. The van der Waals surface area contributed by atoms with Gasteiger partial charge in [0.15, 0.2) is 11.5 Å². The van der Waals surface area contributed by atoms with Crippen LogP contribution in [0.5, 0.6) is 11.5 Å². The van der Waals surface area contributed by atoms with Gasteiger partial charge >= 0.3 is 0 Å². The molecule has 5 nitrogen and oxygen atoms in total. The Kier molecular flexibility index (Phi) is 3.66. The molecule has 0 radical (unpaired) electrons. The lowest BCUT2D eigenvalue weighted by atomic mass is 9.33. The highest BCUT2D eigenvalue weighted by Gasteiger charge is 2.82. The molecule has 3 heterocycles. The van der Waals surface area contributed by atoms with E-state index in [-0.39, 0.29) is 34.1 Å².